The van der Waals surface area contributed by atoms with Crippen molar-refractivity contribution in [2.75, 3.05) is 14.2 Å². The van der Waals surface area contributed by atoms with Crippen molar-refractivity contribution in [2.45, 2.75) is 6.92 Å². The number of methoxy groups -OCH3 is 2. The Bertz CT molecular complexity index is 448. The topological polar surface area (TPSA) is 61.6 Å². The summed E-state index contributed by atoms with van der Waals surface area (Å²) < 4.78 is 36.3. The molecule has 0 spiro atoms. The predicted molar refractivity (Wildman–Crippen MR) is 50.9 cm³/mol. The highest BCUT2D eigenvalue weighted by Gasteiger charge is 2.31. The van der Waals surface area contributed by atoms with Crippen LogP contribution in [-0.2, 0) is 0 Å². The van der Waals surface area contributed by atoms with Gasteiger partial charge in [-0.15, -0.1) is 0 Å². The minimum atomic E-state index is -1.25. The van der Waals surface area contributed by atoms with Crippen LogP contribution in [0.5, 0.6) is 11.5 Å². The normalized spacial score (nSPS) is 10.1. The number of nitro benzene ring substituents is 1. The standard InChI is InChI=1S/C9H9F2NO4/c1-4-5(10)8(15-2)9(16-3)6(11)7(4)12(13)14/h1-3H3. The van der Waals surface area contributed by atoms with Crippen LogP contribution in [0.15, 0.2) is 0 Å². The highest BCUT2D eigenvalue weighted by molar-refractivity contribution is 5.56. The van der Waals surface area contributed by atoms with Crippen LogP contribution < -0.4 is 9.47 Å². The molecule has 0 radical (unpaired) electrons. The Labute approximate surface area is 89.7 Å². The van der Waals surface area contributed by atoms with Gasteiger partial charge in [-0.1, -0.05) is 0 Å². The molecule has 5 nitrogen and oxygen atoms in total. The summed E-state index contributed by atoms with van der Waals surface area (Å²) in [6, 6.07) is 0. The molecule has 0 aliphatic heterocycles. The first kappa shape index (κ1) is 12.2. The second-order valence-corrected chi connectivity index (χ2v) is 2.93. The third-order valence-electron chi connectivity index (χ3n) is 2.09. The van der Waals surface area contributed by atoms with Gasteiger partial charge in [0, 0.05) is 0 Å². The van der Waals surface area contributed by atoms with Crippen molar-refractivity contribution in [1.82, 2.24) is 0 Å². The van der Waals surface area contributed by atoms with E-state index in [1.165, 1.54) is 0 Å². The van der Waals surface area contributed by atoms with Crippen LogP contribution in [0.2, 0.25) is 0 Å². The second-order valence-electron chi connectivity index (χ2n) is 2.93. The average Bonchev–Trinajstić information content (AvgIpc) is 2.22. The third kappa shape index (κ3) is 1.64. The summed E-state index contributed by atoms with van der Waals surface area (Å²) in [7, 11) is 2.19. The number of halogens is 2. The van der Waals surface area contributed by atoms with Crippen molar-refractivity contribution in [3.05, 3.63) is 27.3 Å². The Hall–Kier alpha value is -1.92. The Morgan fingerprint density at radius 2 is 1.56 bits per heavy atom. The monoisotopic (exact) mass is 233 g/mol. The Kier molecular flexibility index (Phi) is 3.26. The van der Waals surface area contributed by atoms with Crippen molar-refractivity contribution in [3.63, 3.8) is 0 Å². The van der Waals surface area contributed by atoms with Crippen LogP contribution in [0.1, 0.15) is 5.56 Å². The van der Waals surface area contributed by atoms with Gasteiger partial charge in [0.05, 0.1) is 24.7 Å². The number of nitrogens with zero attached hydrogens (tertiary/aromatic N) is 1. The zero-order valence-corrected chi connectivity index (χ0v) is 8.84. The number of ether oxygens (including phenoxy) is 2. The lowest BCUT2D eigenvalue weighted by molar-refractivity contribution is -0.388. The molecule has 0 saturated heterocycles. The number of rotatable bonds is 3. The van der Waals surface area contributed by atoms with E-state index in [2.05, 4.69) is 9.47 Å². The lowest BCUT2D eigenvalue weighted by Crippen LogP contribution is -2.04. The van der Waals surface area contributed by atoms with Gasteiger partial charge in [0.25, 0.3) is 0 Å². The molecule has 1 rings (SSSR count). The minimum absolute atomic E-state index is 0.430. The molecule has 0 heterocycles. The van der Waals surface area contributed by atoms with Gasteiger partial charge in [-0.3, -0.25) is 10.1 Å². The molecule has 0 fully saturated rings. The maximum absolute atomic E-state index is 13.6. The summed E-state index contributed by atoms with van der Waals surface area (Å²) in [6.45, 7) is 1.10. The third-order valence-corrected chi connectivity index (χ3v) is 2.09. The first-order valence-corrected chi connectivity index (χ1v) is 4.19. The van der Waals surface area contributed by atoms with Gasteiger partial charge >= 0.3 is 5.69 Å². The van der Waals surface area contributed by atoms with Gasteiger partial charge in [-0.2, -0.15) is 4.39 Å². The van der Waals surface area contributed by atoms with E-state index in [0.29, 0.717) is 0 Å². The van der Waals surface area contributed by atoms with E-state index >= 15 is 0 Å². The Morgan fingerprint density at radius 3 is 1.94 bits per heavy atom. The molecule has 0 amide bonds. The van der Waals surface area contributed by atoms with Crippen LogP contribution in [0, 0.1) is 28.7 Å². The van der Waals surface area contributed by atoms with Crippen LogP contribution in [0.4, 0.5) is 14.5 Å². The molecular formula is C9H9F2NO4. The molecule has 0 atom stereocenters. The molecule has 0 saturated carbocycles. The summed E-state index contributed by atoms with van der Waals surface area (Å²) in [5.74, 6) is -3.35. The van der Waals surface area contributed by atoms with Crippen molar-refractivity contribution < 1.29 is 23.2 Å². The first-order chi connectivity index (χ1) is 7.45. The van der Waals surface area contributed by atoms with Crippen molar-refractivity contribution in [3.8, 4) is 11.5 Å². The van der Waals surface area contributed by atoms with Crippen molar-refractivity contribution >= 4 is 5.69 Å². The van der Waals surface area contributed by atoms with Gasteiger partial charge in [0.15, 0.2) is 5.82 Å². The molecule has 1 aromatic carbocycles. The van der Waals surface area contributed by atoms with Gasteiger partial charge in [-0.05, 0) is 6.92 Å². The zero-order valence-electron chi connectivity index (χ0n) is 8.84. The van der Waals surface area contributed by atoms with E-state index < -0.39 is 39.3 Å². The molecule has 1 aromatic rings. The van der Waals surface area contributed by atoms with Gasteiger partial charge in [0.1, 0.15) is 0 Å². The summed E-state index contributed by atoms with van der Waals surface area (Å²) in [6.07, 6.45) is 0. The average molecular weight is 233 g/mol. The Morgan fingerprint density at radius 1 is 1.12 bits per heavy atom. The van der Waals surface area contributed by atoms with E-state index in [9.17, 15) is 18.9 Å². The number of hydrogen-bond donors (Lipinski definition) is 0. The van der Waals surface area contributed by atoms with Crippen molar-refractivity contribution in [1.29, 1.82) is 0 Å². The summed E-state index contributed by atoms with van der Waals surface area (Å²) in [5, 5.41) is 10.6. The minimum Gasteiger partial charge on any atom is -0.490 e. The summed E-state index contributed by atoms with van der Waals surface area (Å²) >= 11 is 0. The fourth-order valence-corrected chi connectivity index (χ4v) is 1.33. The lowest BCUT2D eigenvalue weighted by Gasteiger charge is -2.11. The van der Waals surface area contributed by atoms with E-state index in [-0.39, 0.29) is 0 Å². The van der Waals surface area contributed by atoms with E-state index in [1.807, 2.05) is 0 Å². The molecule has 0 aliphatic carbocycles. The van der Waals surface area contributed by atoms with Crippen LogP contribution in [0.25, 0.3) is 0 Å². The molecule has 0 aromatic heterocycles. The molecule has 0 unspecified atom stereocenters. The van der Waals surface area contributed by atoms with Crippen LogP contribution in [-0.4, -0.2) is 19.1 Å². The van der Waals surface area contributed by atoms with E-state index in [4.69, 9.17) is 0 Å². The lowest BCUT2D eigenvalue weighted by atomic mass is 10.1. The zero-order chi connectivity index (χ0) is 12.5. The SMILES string of the molecule is COc1c(F)c(C)c([N+](=O)[O-])c(F)c1OC. The maximum Gasteiger partial charge on any atom is 0.314 e. The van der Waals surface area contributed by atoms with Gasteiger partial charge in [-0.25, -0.2) is 4.39 Å². The van der Waals surface area contributed by atoms with Crippen molar-refractivity contribution in [2.24, 2.45) is 0 Å². The molecule has 88 valence electrons. The second kappa shape index (κ2) is 4.30. The molecule has 16 heavy (non-hydrogen) atoms. The van der Waals surface area contributed by atoms with Gasteiger partial charge in [0.2, 0.25) is 17.3 Å². The molecule has 0 aliphatic rings. The summed E-state index contributed by atoms with van der Waals surface area (Å²) in [5.41, 5.74) is -1.38. The highest BCUT2D eigenvalue weighted by atomic mass is 19.1. The number of benzene rings is 1. The van der Waals surface area contributed by atoms with Crippen LogP contribution >= 0.6 is 0 Å². The maximum atomic E-state index is 13.6. The smallest absolute Gasteiger partial charge is 0.314 e. The quantitative estimate of drug-likeness (QED) is 0.593. The van der Waals surface area contributed by atoms with E-state index in [1.54, 1.807) is 0 Å². The Balaban J connectivity index is 3.69. The molecule has 0 N–H and O–H groups in total. The van der Waals surface area contributed by atoms with E-state index in [0.717, 1.165) is 21.1 Å². The largest absolute Gasteiger partial charge is 0.490 e. The summed E-state index contributed by atoms with van der Waals surface area (Å²) in [4.78, 5) is 9.56. The molecule has 7 heteroatoms. The predicted octanol–water partition coefficient (Wildman–Crippen LogP) is 2.20. The number of hydrogen-bond acceptors (Lipinski definition) is 4. The highest BCUT2D eigenvalue weighted by Crippen LogP contribution is 2.40. The number of nitro groups is 1. The van der Waals surface area contributed by atoms with Crippen LogP contribution in [0.3, 0.4) is 0 Å². The fourth-order valence-electron chi connectivity index (χ4n) is 1.33. The molecular weight excluding hydrogens is 224 g/mol. The fraction of sp³-hybridized carbons (Fsp3) is 0.333. The molecule has 0 bridgehead atoms. The van der Waals surface area contributed by atoms with Gasteiger partial charge < -0.3 is 9.47 Å². The first-order valence-electron chi connectivity index (χ1n) is 4.19.